The summed E-state index contributed by atoms with van der Waals surface area (Å²) >= 11 is 0. The van der Waals surface area contributed by atoms with Crippen molar-refractivity contribution in [1.82, 2.24) is 14.7 Å². The maximum Gasteiger partial charge on any atom is 0.236 e. The Labute approximate surface area is 137 Å². The lowest BCUT2D eigenvalue weighted by Crippen LogP contribution is -2.61. The molecule has 6 heteroatoms. The third-order valence-electron chi connectivity index (χ3n) is 5.98. The van der Waals surface area contributed by atoms with E-state index < -0.39 is 0 Å². The Bertz CT molecular complexity index is 478. The van der Waals surface area contributed by atoms with Crippen molar-refractivity contribution >= 4 is 11.8 Å². The van der Waals surface area contributed by atoms with E-state index in [4.69, 9.17) is 4.74 Å². The van der Waals surface area contributed by atoms with E-state index in [1.165, 1.54) is 6.42 Å². The van der Waals surface area contributed by atoms with Gasteiger partial charge in [-0.15, -0.1) is 0 Å². The quantitative estimate of drug-likeness (QED) is 0.728. The van der Waals surface area contributed by atoms with Gasteiger partial charge in [0, 0.05) is 45.2 Å². The van der Waals surface area contributed by atoms with Gasteiger partial charge in [-0.25, -0.2) is 0 Å². The highest BCUT2D eigenvalue weighted by Crippen LogP contribution is 2.37. The zero-order valence-corrected chi connectivity index (χ0v) is 13.8. The second-order valence-corrected chi connectivity index (χ2v) is 7.55. The molecule has 0 saturated carbocycles. The summed E-state index contributed by atoms with van der Waals surface area (Å²) in [6.07, 6.45) is 4.15. The van der Waals surface area contributed by atoms with Crippen LogP contribution in [0.4, 0.5) is 0 Å². The number of carbonyl (C=O) groups excluding carboxylic acids is 2. The first-order valence-electron chi connectivity index (χ1n) is 9.08. The lowest BCUT2D eigenvalue weighted by molar-refractivity contribution is -0.147. The standard InChI is InChI=1S/C17H27N3O3/c21-16-3-1-2-15-14-8-13(10-20(15)16)9-18(11-14)12-17(22)19-4-6-23-7-5-19/h13-15H,1-12H2/t13?,14?,15-/m1/s1. The lowest BCUT2D eigenvalue weighted by Gasteiger charge is -2.52. The first-order valence-corrected chi connectivity index (χ1v) is 9.08. The molecular formula is C17H27N3O3. The Kier molecular flexibility index (Phi) is 4.28. The number of amides is 2. The van der Waals surface area contributed by atoms with Crippen molar-refractivity contribution in [3.8, 4) is 0 Å². The summed E-state index contributed by atoms with van der Waals surface area (Å²) in [6.45, 7) is 6.15. The predicted molar refractivity (Wildman–Crippen MR) is 84.8 cm³/mol. The highest BCUT2D eigenvalue weighted by molar-refractivity contribution is 5.78. The molecule has 0 spiro atoms. The van der Waals surface area contributed by atoms with E-state index in [9.17, 15) is 9.59 Å². The van der Waals surface area contributed by atoms with Crippen LogP contribution in [0.3, 0.4) is 0 Å². The van der Waals surface area contributed by atoms with Crippen molar-refractivity contribution < 1.29 is 14.3 Å². The van der Waals surface area contributed by atoms with Crippen molar-refractivity contribution in [2.75, 3.05) is 52.5 Å². The maximum atomic E-state index is 12.5. The number of rotatable bonds is 2. The SMILES string of the molecule is O=C(CN1CC2CC(C1)[C@H]1CCCC(=O)N1C2)N1CCOCC1. The number of nitrogens with zero attached hydrogens (tertiary/aromatic N) is 3. The molecule has 2 bridgehead atoms. The molecule has 4 fully saturated rings. The van der Waals surface area contributed by atoms with Crippen LogP contribution in [0.15, 0.2) is 0 Å². The van der Waals surface area contributed by atoms with Crippen LogP contribution in [0.2, 0.25) is 0 Å². The number of hydrogen-bond acceptors (Lipinski definition) is 4. The van der Waals surface area contributed by atoms with Crippen molar-refractivity contribution in [1.29, 1.82) is 0 Å². The van der Waals surface area contributed by atoms with Crippen molar-refractivity contribution in [2.45, 2.75) is 31.7 Å². The molecule has 4 rings (SSSR count). The zero-order valence-electron chi connectivity index (χ0n) is 13.8. The Morgan fingerprint density at radius 2 is 2.00 bits per heavy atom. The van der Waals surface area contributed by atoms with Gasteiger partial charge in [0.1, 0.15) is 0 Å². The average Bonchev–Trinajstić information content (AvgIpc) is 2.57. The fraction of sp³-hybridized carbons (Fsp3) is 0.882. The first-order chi connectivity index (χ1) is 11.2. The molecule has 2 unspecified atom stereocenters. The first kappa shape index (κ1) is 15.4. The van der Waals surface area contributed by atoms with Crippen LogP contribution in [-0.2, 0) is 14.3 Å². The van der Waals surface area contributed by atoms with Gasteiger partial charge >= 0.3 is 0 Å². The molecule has 2 amide bonds. The molecule has 128 valence electrons. The summed E-state index contributed by atoms with van der Waals surface area (Å²) < 4.78 is 5.32. The number of morpholine rings is 1. The van der Waals surface area contributed by atoms with Gasteiger partial charge in [-0.3, -0.25) is 14.5 Å². The van der Waals surface area contributed by atoms with Gasteiger partial charge in [0.2, 0.25) is 11.8 Å². The molecule has 0 aromatic heterocycles. The molecular weight excluding hydrogens is 294 g/mol. The maximum absolute atomic E-state index is 12.5. The van der Waals surface area contributed by atoms with E-state index in [-0.39, 0.29) is 5.91 Å². The van der Waals surface area contributed by atoms with E-state index in [2.05, 4.69) is 9.80 Å². The van der Waals surface area contributed by atoms with Gasteiger partial charge < -0.3 is 14.5 Å². The van der Waals surface area contributed by atoms with Crippen LogP contribution >= 0.6 is 0 Å². The predicted octanol–water partition coefficient (Wildman–Crippen LogP) is 0.178. The van der Waals surface area contributed by atoms with Gasteiger partial charge in [0.15, 0.2) is 0 Å². The van der Waals surface area contributed by atoms with E-state index in [1.54, 1.807) is 0 Å². The highest BCUT2D eigenvalue weighted by Gasteiger charge is 2.44. The van der Waals surface area contributed by atoms with Crippen LogP contribution in [0.25, 0.3) is 0 Å². The fourth-order valence-electron chi connectivity index (χ4n) is 4.95. The lowest BCUT2D eigenvalue weighted by atomic mass is 9.76. The smallest absolute Gasteiger partial charge is 0.236 e. The molecule has 4 aliphatic rings. The molecule has 6 nitrogen and oxygen atoms in total. The zero-order chi connectivity index (χ0) is 15.8. The van der Waals surface area contributed by atoms with Crippen molar-refractivity contribution in [3.63, 3.8) is 0 Å². The van der Waals surface area contributed by atoms with Crippen LogP contribution in [0.5, 0.6) is 0 Å². The number of carbonyl (C=O) groups is 2. The third-order valence-corrected chi connectivity index (χ3v) is 5.98. The Morgan fingerprint density at radius 1 is 1.17 bits per heavy atom. The fourth-order valence-corrected chi connectivity index (χ4v) is 4.95. The number of ether oxygens (including phenoxy) is 1. The van der Waals surface area contributed by atoms with Crippen LogP contribution < -0.4 is 0 Å². The highest BCUT2D eigenvalue weighted by atomic mass is 16.5. The van der Waals surface area contributed by atoms with Gasteiger partial charge in [0.05, 0.1) is 19.8 Å². The summed E-state index contributed by atoms with van der Waals surface area (Å²) in [5.74, 6) is 1.70. The van der Waals surface area contributed by atoms with Gasteiger partial charge in [-0.2, -0.15) is 0 Å². The summed E-state index contributed by atoms with van der Waals surface area (Å²) in [7, 11) is 0. The average molecular weight is 321 g/mol. The minimum atomic E-state index is 0.241. The summed E-state index contributed by atoms with van der Waals surface area (Å²) in [4.78, 5) is 31.1. The monoisotopic (exact) mass is 321 g/mol. The van der Waals surface area contributed by atoms with Crippen LogP contribution in [0.1, 0.15) is 25.7 Å². The number of hydrogen-bond donors (Lipinski definition) is 0. The van der Waals surface area contributed by atoms with Crippen LogP contribution in [0, 0.1) is 11.8 Å². The van der Waals surface area contributed by atoms with E-state index in [0.717, 1.165) is 52.0 Å². The molecule has 4 saturated heterocycles. The largest absolute Gasteiger partial charge is 0.378 e. The topological polar surface area (TPSA) is 53.1 Å². The second-order valence-electron chi connectivity index (χ2n) is 7.55. The summed E-state index contributed by atoms with van der Waals surface area (Å²) in [5, 5.41) is 0. The minimum Gasteiger partial charge on any atom is -0.378 e. The van der Waals surface area contributed by atoms with Gasteiger partial charge in [-0.05, 0) is 31.1 Å². The Hall–Kier alpha value is -1.14. The van der Waals surface area contributed by atoms with Crippen LogP contribution in [-0.4, -0.2) is 85.0 Å². The number of fused-ring (bicyclic) bond motifs is 4. The molecule has 0 aromatic rings. The number of likely N-dealkylation sites (tertiary alicyclic amines) is 1. The molecule has 0 radical (unpaired) electrons. The van der Waals surface area contributed by atoms with E-state index >= 15 is 0 Å². The third kappa shape index (κ3) is 3.11. The molecule has 4 heterocycles. The molecule has 23 heavy (non-hydrogen) atoms. The van der Waals surface area contributed by atoms with E-state index in [0.29, 0.717) is 43.5 Å². The van der Waals surface area contributed by atoms with E-state index in [1.807, 2.05) is 4.90 Å². The summed E-state index contributed by atoms with van der Waals surface area (Å²) in [5.41, 5.74) is 0. The van der Waals surface area contributed by atoms with Gasteiger partial charge in [-0.1, -0.05) is 0 Å². The molecule has 0 aromatic carbocycles. The second kappa shape index (κ2) is 6.40. The Balaban J connectivity index is 1.37. The molecule has 0 aliphatic carbocycles. The minimum absolute atomic E-state index is 0.241. The van der Waals surface area contributed by atoms with Gasteiger partial charge in [0.25, 0.3) is 0 Å². The van der Waals surface area contributed by atoms with Crippen molar-refractivity contribution in [2.24, 2.45) is 11.8 Å². The van der Waals surface area contributed by atoms with Crippen molar-refractivity contribution in [3.05, 3.63) is 0 Å². The molecule has 0 N–H and O–H groups in total. The Morgan fingerprint density at radius 3 is 2.83 bits per heavy atom. The molecule has 3 atom stereocenters. The molecule has 4 aliphatic heterocycles. The number of piperidine rings is 3. The summed E-state index contributed by atoms with van der Waals surface area (Å²) in [6, 6.07) is 0.425. The normalized spacial score (nSPS) is 35.1.